The Hall–Kier alpha value is -1.61. The molecule has 0 saturated carbocycles. The van der Waals surface area contributed by atoms with E-state index in [2.05, 4.69) is 5.32 Å². The van der Waals surface area contributed by atoms with Gasteiger partial charge in [0, 0.05) is 6.61 Å². The van der Waals surface area contributed by atoms with Crippen molar-refractivity contribution in [1.29, 1.82) is 0 Å². The number of halogens is 3. The zero-order valence-electron chi connectivity index (χ0n) is 14.4. The molecule has 1 saturated heterocycles. The van der Waals surface area contributed by atoms with E-state index in [1.54, 1.807) is 18.7 Å². The van der Waals surface area contributed by atoms with Crippen LogP contribution in [0.4, 0.5) is 18.0 Å². The molecule has 1 fully saturated rings. The summed E-state index contributed by atoms with van der Waals surface area (Å²) >= 11 is 1.63. The Morgan fingerprint density at radius 1 is 1.46 bits per heavy atom. The maximum absolute atomic E-state index is 12.7. The molecule has 2 atom stereocenters. The Kier molecular flexibility index (Phi) is 7.89. The quantitative estimate of drug-likeness (QED) is 0.757. The van der Waals surface area contributed by atoms with Crippen LogP contribution in [0.1, 0.15) is 25.3 Å². The fourth-order valence-corrected chi connectivity index (χ4v) is 3.14. The smallest absolute Gasteiger partial charge is 0.416 e. The molecule has 1 aromatic carbocycles. The van der Waals surface area contributed by atoms with Crippen molar-refractivity contribution >= 4 is 17.9 Å². The number of alkyl carbamates (subject to hydrolysis) is 1. The van der Waals surface area contributed by atoms with Gasteiger partial charge in [-0.2, -0.15) is 13.2 Å². The highest BCUT2D eigenvalue weighted by Crippen LogP contribution is 2.31. The summed E-state index contributed by atoms with van der Waals surface area (Å²) in [4.78, 5) is 11.8. The van der Waals surface area contributed by atoms with Gasteiger partial charge in [0.25, 0.3) is 0 Å². The van der Waals surface area contributed by atoms with E-state index in [9.17, 15) is 18.0 Å². The largest absolute Gasteiger partial charge is 0.490 e. The molecule has 0 aromatic heterocycles. The van der Waals surface area contributed by atoms with E-state index in [-0.39, 0.29) is 17.8 Å². The second kappa shape index (κ2) is 9.91. The summed E-state index contributed by atoms with van der Waals surface area (Å²) in [5, 5.41) is 2.63. The standard InChI is InChI=1S/C17H22F3NO4S/c1-2-13(25-16(22)21-10-15-23-7-4-8-26-15)11-24-14-6-3-5-12(9-14)17(18,19)20/h3,5-6,9,13,15H,2,4,7-8,10-11H2,1H3,(H,21,22). The van der Waals surface area contributed by atoms with Gasteiger partial charge in [-0.05, 0) is 36.8 Å². The molecule has 0 radical (unpaired) electrons. The lowest BCUT2D eigenvalue weighted by molar-refractivity contribution is -0.137. The molecule has 1 amide bonds. The third kappa shape index (κ3) is 6.95. The molecule has 0 aliphatic carbocycles. The number of ether oxygens (including phenoxy) is 3. The van der Waals surface area contributed by atoms with Gasteiger partial charge < -0.3 is 19.5 Å². The number of rotatable bonds is 7. The third-order valence-corrected chi connectivity index (χ3v) is 4.83. The van der Waals surface area contributed by atoms with Crippen LogP contribution in [0.15, 0.2) is 24.3 Å². The Labute approximate surface area is 154 Å². The van der Waals surface area contributed by atoms with Crippen LogP contribution in [0.3, 0.4) is 0 Å². The van der Waals surface area contributed by atoms with Crippen LogP contribution in [0, 0.1) is 0 Å². The summed E-state index contributed by atoms with van der Waals surface area (Å²) in [7, 11) is 0. The lowest BCUT2D eigenvalue weighted by Gasteiger charge is -2.23. The average molecular weight is 393 g/mol. The summed E-state index contributed by atoms with van der Waals surface area (Å²) in [5.74, 6) is 1.07. The predicted octanol–water partition coefficient (Wildman–Crippen LogP) is 4.07. The van der Waals surface area contributed by atoms with Gasteiger partial charge in [-0.25, -0.2) is 4.79 Å². The van der Waals surface area contributed by atoms with Crippen LogP contribution in [-0.2, 0) is 15.7 Å². The molecule has 1 N–H and O–H groups in total. The first-order chi connectivity index (χ1) is 12.4. The topological polar surface area (TPSA) is 56.8 Å². The Balaban J connectivity index is 1.77. The maximum atomic E-state index is 12.7. The predicted molar refractivity (Wildman–Crippen MR) is 92.3 cm³/mol. The molecule has 0 spiro atoms. The molecular formula is C17H22F3NO4S. The lowest BCUT2D eigenvalue weighted by atomic mass is 10.2. The van der Waals surface area contributed by atoms with E-state index < -0.39 is 23.9 Å². The number of carbonyl (C=O) groups is 1. The molecular weight excluding hydrogens is 371 g/mol. The molecule has 1 aromatic rings. The van der Waals surface area contributed by atoms with Crippen LogP contribution in [0.5, 0.6) is 5.75 Å². The Morgan fingerprint density at radius 2 is 2.27 bits per heavy atom. The third-order valence-electron chi connectivity index (χ3n) is 3.64. The molecule has 1 aliphatic heterocycles. The van der Waals surface area contributed by atoms with E-state index in [4.69, 9.17) is 14.2 Å². The number of benzene rings is 1. The van der Waals surface area contributed by atoms with E-state index in [1.807, 2.05) is 0 Å². The number of amides is 1. The number of thioether (sulfide) groups is 1. The van der Waals surface area contributed by atoms with Gasteiger partial charge in [-0.3, -0.25) is 0 Å². The molecule has 5 nitrogen and oxygen atoms in total. The van der Waals surface area contributed by atoms with Crippen molar-refractivity contribution in [2.75, 3.05) is 25.5 Å². The van der Waals surface area contributed by atoms with E-state index in [1.165, 1.54) is 12.1 Å². The van der Waals surface area contributed by atoms with Crippen LogP contribution in [0.25, 0.3) is 0 Å². The molecule has 2 rings (SSSR count). The number of hydrogen-bond acceptors (Lipinski definition) is 5. The highest BCUT2D eigenvalue weighted by atomic mass is 32.2. The van der Waals surface area contributed by atoms with E-state index in [0.717, 1.165) is 24.3 Å². The number of carbonyl (C=O) groups excluding carboxylic acids is 1. The summed E-state index contributed by atoms with van der Waals surface area (Å²) in [6.07, 6.45) is -4.12. The van der Waals surface area contributed by atoms with E-state index in [0.29, 0.717) is 19.6 Å². The van der Waals surface area contributed by atoms with Gasteiger partial charge in [-0.15, -0.1) is 11.8 Å². The summed E-state index contributed by atoms with van der Waals surface area (Å²) in [5.41, 5.74) is -0.871. The molecule has 2 unspecified atom stereocenters. The zero-order chi connectivity index (χ0) is 19.0. The fraction of sp³-hybridized carbons (Fsp3) is 0.588. The highest BCUT2D eigenvalue weighted by Gasteiger charge is 2.30. The number of alkyl halides is 3. The van der Waals surface area contributed by atoms with Crippen molar-refractivity contribution in [2.45, 2.75) is 37.5 Å². The SMILES string of the molecule is CCC(COc1cccc(C(F)(F)F)c1)OC(=O)NCC1OCCCS1. The van der Waals surface area contributed by atoms with Gasteiger partial charge in [-0.1, -0.05) is 13.0 Å². The van der Waals surface area contributed by atoms with Crippen molar-refractivity contribution in [3.05, 3.63) is 29.8 Å². The normalized spacial score (nSPS) is 18.8. The van der Waals surface area contributed by atoms with Gasteiger partial charge in [0.2, 0.25) is 0 Å². The van der Waals surface area contributed by atoms with Crippen LogP contribution < -0.4 is 10.1 Å². The average Bonchev–Trinajstić information content (AvgIpc) is 2.64. The van der Waals surface area contributed by atoms with Gasteiger partial charge in [0.1, 0.15) is 23.9 Å². The first kappa shape index (κ1) is 20.7. The first-order valence-electron chi connectivity index (χ1n) is 8.36. The summed E-state index contributed by atoms with van der Waals surface area (Å²) in [6, 6.07) is 4.60. The van der Waals surface area contributed by atoms with Crippen LogP contribution in [0.2, 0.25) is 0 Å². The minimum atomic E-state index is -4.43. The molecule has 9 heteroatoms. The summed E-state index contributed by atoms with van der Waals surface area (Å²) < 4.78 is 54.2. The Bertz CT molecular complexity index is 579. The molecule has 146 valence electrons. The van der Waals surface area contributed by atoms with Crippen LogP contribution in [-0.4, -0.2) is 43.1 Å². The van der Waals surface area contributed by atoms with Gasteiger partial charge in [0.15, 0.2) is 0 Å². The molecule has 1 aliphatic rings. The van der Waals surface area contributed by atoms with Crippen molar-refractivity contribution in [3.63, 3.8) is 0 Å². The minimum Gasteiger partial charge on any atom is -0.490 e. The monoisotopic (exact) mass is 393 g/mol. The number of hydrogen-bond donors (Lipinski definition) is 1. The molecule has 1 heterocycles. The first-order valence-corrected chi connectivity index (χ1v) is 9.41. The Morgan fingerprint density at radius 3 is 2.92 bits per heavy atom. The van der Waals surface area contributed by atoms with E-state index >= 15 is 0 Å². The van der Waals surface area contributed by atoms with Crippen molar-refractivity contribution in [1.82, 2.24) is 5.32 Å². The minimum absolute atomic E-state index is 0.0279. The maximum Gasteiger partial charge on any atom is 0.416 e. The molecule has 26 heavy (non-hydrogen) atoms. The van der Waals surface area contributed by atoms with Crippen molar-refractivity contribution in [2.24, 2.45) is 0 Å². The van der Waals surface area contributed by atoms with Gasteiger partial charge >= 0.3 is 12.3 Å². The van der Waals surface area contributed by atoms with Crippen LogP contribution >= 0.6 is 11.8 Å². The molecule has 0 bridgehead atoms. The highest BCUT2D eigenvalue weighted by molar-refractivity contribution is 7.99. The second-order valence-corrected chi connectivity index (χ2v) is 6.95. The van der Waals surface area contributed by atoms with Crippen molar-refractivity contribution in [3.8, 4) is 5.75 Å². The number of nitrogens with one attached hydrogen (secondary N) is 1. The van der Waals surface area contributed by atoms with Gasteiger partial charge in [0.05, 0.1) is 12.1 Å². The lowest BCUT2D eigenvalue weighted by Crippen LogP contribution is -2.37. The fourth-order valence-electron chi connectivity index (χ4n) is 2.20. The second-order valence-electron chi connectivity index (χ2n) is 5.68. The van der Waals surface area contributed by atoms with Crippen molar-refractivity contribution < 1.29 is 32.2 Å². The summed E-state index contributed by atoms with van der Waals surface area (Å²) in [6.45, 7) is 2.79. The zero-order valence-corrected chi connectivity index (χ0v) is 15.2.